The molecule has 0 saturated heterocycles. The highest BCUT2D eigenvalue weighted by Gasteiger charge is 1.43. The van der Waals surface area contributed by atoms with Crippen molar-refractivity contribution in [2.45, 2.75) is 0 Å². The van der Waals surface area contributed by atoms with Crippen molar-refractivity contribution >= 4 is 17.2 Å². The second kappa shape index (κ2) is 3.60. The topological polar surface area (TPSA) is 0 Å². The minimum Gasteiger partial charge on any atom is -0.110 e. The molecule has 2 atom stereocenters. The van der Waals surface area contributed by atoms with Gasteiger partial charge in [0.25, 0.3) is 0 Å². The molecule has 2 unspecified atom stereocenters. The SMILES string of the molecule is C=CPP. The smallest absolute Gasteiger partial charge is 0.0666 e. The monoisotopic (exact) mass is 92.0 g/mol. The standard InChI is InChI=1S/C2H6P2/c1-2-4-3/h2,4H,1,3H2. The first-order chi connectivity index (χ1) is 1.91. The second-order valence-corrected chi connectivity index (χ2v) is 2.11. The highest BCUT2D eigenvalue weighted by molar-refractivity contribution is 8.04. The van der Waals surface area contributed by atoms with Crippen molar-refractivity contribution in [2.75, 3.05) is 0 Å². The van der Waals surface area contributed by atoms with Crippen LogP contribution >= 0.6 is 17.2 Å². The molecular formula is C2H6P2. The Morgan fingerprint density at radius 1 is 2.00 bits per heavy atom. The lowest BCUT2D eigenvalue weighted by molar-refractivity contribution is 2.67. The summed E-state index contributed by atoms with van der Waals surface area (Å²) in [5.41, 5.74) is 0. The lowest BCUT2D eigenvalue weighted by Gasteiger charge is -1.59. The molecule has 0 aliphatic heterocycles. The van der Waals surface area contributed by atoms with Crippen molar-refractivity contribution in [2.24, 2.45) is 0 Å². The van der Waals surface area contributed by atoms with E-state index in [9.17, 15) is 0 Å². The predicted octanol–water partition coefficient (Wildman–Crippen LogP) is 1.60. The Labute approximate surface area is 30.6 Å². The van der Waals surface area contributed by atoms with Crippen LogP contribution in [-0.4, -0.2) is 0 Å². The zero-order valence-corrected chi connectivity index (χ0v) is 4.52. The first-order valence-corrected chi connectivity index (χ1v) is 3.87. The van der Waals surface area contributed by atoms with Crippen molar-refractivity contribution in [1.29, 1.82) is 0 Å². The predicted molar refractivity (Wildman–Crippen MR) is 28.2 cm³/mol. The zero-order chi connectivity index (χ0) is 3.41. The summed E-state index contributed by atoms with van der Waals surface area (Å²) in [6.45, 7) is 3.47. The molecule has 0 nitrogen and oxygen atoms in total. The summed E-state index contributed by atoms with van der Waals surface area (Å²) in [6, 6.07) is 0. The van der Waals surface area contributed by atoms with Gasteiger partial charge in [0, 0.05) is 0 Å². The van der Waals surface area contributed by atoms with Gasteiger partial charge in [0.2, 0.25) is 0 Å². The first-order valence-electron chi connectivity index (χ1n) is 0.986. The molecule has 0 aromatic heterocycles. The first kappa shape index (κ1) is 4.60. The second-order valence-electron chi connectivity index (χ2n) is 0.371. The summed E-state index contributed by atoms with van der Waals surface area (Å²) in [6.07, 6.45) is 0. The molecule has 0 bridgehead atoms. The van der Waals surface area contributed by atoms with E-state index in [2.05, 4.69) is 15.5 Å². The van der Waals surface area contributed by atoms with E-state index in [-0.39, 0.29) is 0 Å². The molecule has 0 N–H and O–H groups in total. The molecule has 0 aromatic rings. The Morgan fingerprint density at radius 3 is 2.25 bits per heavy atom. The van der Waals surface area contributed by atoms with Gasteiger partial charge in [0.15, 0.2) is 0 Å². The lowest BCUT2D eigenvalue weighted by Crippen LogP contribution is -1.02. The van der Waals surface area contributed by atoms with Crippen LogP contribution in [0.2, 0.25) is 0 Å². The third-order valence-corrected chi connectivity index (χ3v) is 1.06. The molecule has 0 amide bonds. The fourth-order valence-corrected chi connectivity index (χ4v) is 0. The summed E-state index contributed by atoms with van der Waals surface area (Å²) >= 11 is 0. The summed E-state index contributed by atoms with van der Waals surface area (Å²) in [7, 11) is 3.39. The van der Waals surface area contributed by atoms with Gasteiger partial charge in [-0.1, -0.05) is 20.7 Å². The molecule has 0 rings (SSSR count). The minimum atomic E-state index is 0.821. The van der Waals surface area contributed by atoms with E-state index >= 15 is 0 Å². The quantitative estimate of drug-likeness (QED) is 0.431. The zero-order valence-electron chi connectivity index (χ0n) is 2.36. The summed E-state index contributed by atoms with van der Waals surface area (Å²) in [5.74, 6) is 1.87. The Hall–Kier alpha value is 0.600. The van der Waals surface area contributed by atoms with Gasteiger partial charge in [-0.15, -0.1) is 8.93 Å². The Kier molecular flexibility index (Phi) is 4.14. The molecule has 0 aliphatic carbocycles. The third kappa shape index (κ3) is 2.60. The van der Waals surface area contributed by atoms with Crippen LogP contribution in [0.25, 0.3) is 0 Å². The van der Waals surface area contributed by atoms with Crippen LogP contribution in [0.4, 0.5) is 0 Å². The van der Waals surface area contributed by atoms with Gasteiger partial charge < -0.3 is 0 Å². The fourth-order valence-electron chi connectivity index (χ4n) is 0. The van der Waals surface area contributed by atoms with E-state index in [0.29, 0.717) is 0 Å². The minimum absolute atomic E-state index is 0.821. The molecule has 0 fully saturated rings. The van der Waals surface area contributed by atoms with Gasteiger partial charge in [-0.05, 0) is 0 Å². The van der Waals surface area contributed by atoms with E-state index in [0.717, 1.165) is 8.27 Å². The van der Waals surface area contributed by atoms with Crippen LogP contribution < -0.4 is 0 Å². The molecule has 0 spiro atoms. The summed E-state index contributed by atoms with van der Waals surface area (Å²) < 4.78 is 0. The molecule has 0 aliphatic rings. The average molecular weight is 92.0 g/mol. The third-order valence-electron chi connectivity index (χ3n) is 0.118. The molecule has 0 aromatic carbocycles. The van der Waals surface area contributed by atoms with Gasteiger partial charge in [-0.3, -0.25) is 0 Å². The van der Waals surface area contributed by atoms with Crippen molar-refractivity contribution in [1.82, 2.24) is 0 Å². The molecule has 24 valence electrons. The van der Waals surface area contributed by atoms with E-state index in [1.807, 2.05) is 5.82 Å². The number of rotatable bonds is 1. The molecule has 0 radical (unpaired) electrons. The summed E-state index contributed by atoms with van der Waals surface area (Å²) in [5, 5.41) is 0. The van der Waals surface area contributed by atoms with Gasteiger partial charge in [0.05, 0.1) is 0 Å². The van der Waals surface area contributed by atoms with Gasteiger partial charge in [-0.25, -0.2) is 0 Å². The number of hydrogen-bond donors (Lipinski definition) is 0. The molecule has 2 heteroatoms. The van der Waals surface area contributed by atoms with E-state index in [4.69, 9.17) is 0 Å². The highest BCUT2D eigenvalue weighted by Crippen LogP contribution is 2.18. The normalized spacial score (nSPS) is 9.25. The van der Waals surface area contributed by atoms with E-state index < -0.39 is 0 Å². The van der Waals surface area contributed by atoms with Crippen LogP contribution in [0, 0.1) is 0 Å². The van der Waals surface area contributed by atoms with Crippen LogP contribution in [0.5, 0.6) is 0 Å². The summed E-state index contributed by atoms with van der Waals surface area (Å²) in [4.78, 5) is 0. The molecule has 0 heterocycles. The Balaban J connectivity index is 2.30. The van der Waals surface area contributed by atoms with Crippen molar-refractivity contribution in [3.8, 4) is 0 Å². The highest BCUT2D eigenvalue weighted by atomic mass is 32.0. The van der Waals surface area contributed by atoms with E-state index in [1.54, 1.807) is 0 Å². The van der Waals surface area contributed by atoms with Crippen molar-refractivity contribution in [3.63, 3.8) is 0 Å². The van der Waals surface area contributed by atoms with Gasteiger partial charge >= 0.3 is 0 Å². The number of hydrogen-bond acceptors (Lipinski definition) is 0. The van der Waals surface area contributed by atoms with Gasteiger partial charge in [0.1, 0.15) is 0 Å². The maximum atomic E-state index is 3.47. The molecule has 4 heavy (non-hydrogen) atoms. The van der Waals surface area contributed by atoms with Crippen LogP contribution in [0.3, 0.4) is 0 Å². The maximum absolute atomic E-state index is 3.47. The maximum Gasteiger partial charge on any atom is -0.0666 e. The molecule has 0 saturated carbocycles. The molecular weight excluding hydrogens is 86.0 g/mol. The fraction of sp³-hybridized carbons (Fsp3) is 0. The Bertz CT molecular complexity index is 18.0. The average Bonchev–Trinajstić information content (AvgIpc) is 1.37. The van der Waals surface area contributed by atoms with Gasteiger partial charge in [-0.2, -0.15) is 0 Å². The van der Waals surface area contributed by atoms with Crippen LogP contribution in [-0.2, 0) is 0 Å². The van der Waals surface area contributed by atoms with Crippen LogP contribution in [0.15, 0.2) is 12.4 Å². The van der Waals surface area contributed by atoms with E-state index in [1.165, 1.54) is 0 Å². The lowest BCUT2D eigenvalue weighted by atomic mass is 11.3. The van der Waals surface area contributed by atoms with Crippen molar-refractivity contribution in [3.05, 3.63) is 12.4 Å². The largest absolute Gasteiger partial charge is 0.110 e. The van der Waals surface area contributed by atoms with Crippen molar-refractivity contribution < 1.29 is 0 Å². The Morgan fingerprint density at radius 2 is 2.25 bits per heavy atom. The van der Waals surface area contributed by atoms with Crippen LogP contribution in [0.1, 0.15) is 0 Å².